The molecule has 0 aliphatic rings. The van der Waals surface area contributed by atoms with Crippen molar-refractivity contribution in [2.24, 2.45) is 0 Å². The average Bonchev–Trinajstić information content (AvgIpc) is 2.38. The molecule has 0 bridgehead atoms. The molecule has 6 heteroatoms. The third-order valence-electron chi connectivity index (χ3n) is 2.35. The Bertz CT molecular complexity index is 469. The minimum Gasteiger partial charge on any atom is -0.292 e. The van der Waals surface area contributed by atoms with E-state index in [1.54, 1.807) is 39.2 Å². The third-order valence-corrected chi connectivity index (χ3v) is 4.77. The van der Waals surface area contributed by atoms with Crippen LogP contribution < -0.4 is 0 Å². The van der Waals surface area contributed by atoms with E-state index in [-0.39, 0.29) is 0 Å². The maximum Gasteiger partial charge on any atom is 0.434 e. The van der Waals surface area contributed by atoms with Crippen LogP contribution in [0, 0.1) is 0 Å². The summed E-state index contributed by atoms with van der Waals surface area (Å²) in [5.74, 6) is 0. The third kappa shape index (κ3) is 4.66. The van der Waals surface area contributed by atoms with Gasteiger partial charge in [0.15, 0.2) is 0 Å². The van der Waals surface area contributed by atoms with Gasteiger partial charge in [0.1, 0.15) is 0 Å². The molecule has 0 fully saturated rings. The van der Waals surface area contributed by atoms with Crippen molar-refractivity contribution in [1.82, 2.24) is 4.67 Å². The van der Waals surface area contributed by atoms with Crippen LogP contribution in [-0.4, -0.2) is 24.9 Å². The molecule has 0 aliphatic carbocycles. The number of nitrogens with zero attached hydrogens (tertiary/aromatic N) is 1. The standard InChI is InChI=1S/C13H19ClNO3P/c1-4-17-19(16,18-5-2)15(3)11-10-12-8-6-7-9-13(12)14/h6-11H,4-5H2,1-3H3. The van der Waals surface area contributed by atoms with Crippen molar-refractivity contribution in [2.45, 2.75) is 13.8 Å². The number of benzene rings is 1. The van der Waals surface area contributed by atoms with Crippen molar-refractivity contribution in [2.75, 3.05) is 20.3 Å². The van der Waals surface area contributed by atoms with Gasteiger partial charge in [-0.15, -0.1) is 0 Å². The molecule has 19 heavy (non-hydrogen) atoms. The molecule has 0 saturated carbocycles. The summed E-state index contributed by atoms with van der Waals surface area (Å²) in [5.41, 5.74) is 0.843. The van der Waals surface area contributed by atoms with E-state index in [4.69, 9.17) is 20.6 Å². The van der Waals surface area contributed by atoms with Crippen LogP contribution in [0.5, 0.6) is 0 Å². The second-order valence-corrected chi connectivity index (χ2v) is 6.21. The predicted molar refractivity (Wildman–Crippen MR) is 79.1 cm³/mol. The molecule has 0 radical (unpaired) electrons. The molecule has 0 saturated heterocycles. The predicted octanol–water partition coefficient (Wildman–Crippen LogP) is 4.42. The smallest absolute Gasteiger partial charge is 0.292 e. The lowest BCUT2D eigenvalue weighted by Gasteiger charge is -2.24. The van der Waals surface area contributed by atoms with Gasteiger partial charge in [-0.1, -0.05) is 29.8 Å². The van der Waals surface area contributed by atoms with E-state index < -0.39 is 7.75 Å². The first-order valence-electron chi connectivity index (χ1n) is 6.08. The summed E-state index contributed by atoms with van der Waals surface area (Å²) in [4.78, 5) is 0. The van der Waals surface area contributed by atoms with Crippen molar-refractivity contribution in [3.05, 3.63) is 41.1 Å². The largest absolute Gasteiger partial charge is 0.434 e. The molecule has 0 amide bonds. The second kappa shape index (κ2) is 7.71. The Morgan fingerprint density at radius 2 is 1.84 bits per heavy atom. The molecular formula is C13H19ClNO3P. The highest BCUT2D eigenvalue weighted by molar-refractivity contribution is 7.51. The van der Waals surface area contributed by atoms with Crippen molar-refractivity contribution in [3.8, 4) is 0 Å². The number of halogens is 1. The highest BCUT2D eigenvalue weighted by Gasteiger charge is 2.27. The first-order valence-corrected chi connectivity index (χ1v) is 7.96. The van der Waals surface area contributed by atoms with E-state index in [2.05, 4.69) is 0 Å². The van der Waals surface area contributed by atoms with Crippen LogP contribution in [0.3, 0.4) is 0 Å². The number of hydrogen-bond donors (Lipinski definition) is 0. The quantitative estimate of drug-likeness (QED) is 0.699. The maximum atomic E-state index is 12.4. The highest BCUT2D eigenvalue weighted by atomic mass is 35.5. The summed E-state index contributed by atoms with van der Waals surface area (Å²) < 4.78 is 24.3. The van der Waals surface area contributed by atoms with Gasteiger partial charge in [0.05, 0.1) is 13.2 Å². The van der Waals surface area contributed by atoms with Crippen LogP contribution >= 0.6 is 19.3 Å². The van der Waals surface area contributed by atoms with Gasteiger partial charge in [0.2, 0.25) is 0 Å². The molecular weight excluding hydrogens is 285 g/mol. The number of hydrogen-bond acceptors (Lipinski definition) is 3. The average molecular weight is 304 g/mol. The minimum absolute atomic E-state index is 0.321. The summed E-state index contributed by atoms with van der Waals surface area (Å²) in [5, 5.41) is 0.634. The second-order valence-electron chi connectivity index (χ2n) is 3.72. The van der Waals surface area contributed by atoms with E-state index in [1.165, 1.54) is 4.67 Å². The van der Waals surface area contributed by atoms with E-state index in [0.717, 1.165) is 5.56 Å². The zero-order valence-electron chi connectivity index (χ0n) is 11.4. The van der Waals surface area contributed by atoms with E-state index in [9.17, 15) is 4.57 Å². The molecule has 4 nitrogen and oxygen atoms in total. The van der Waals surface area contributed by atoms with Gasteiger partial charge in [-0.2, -0.15) is 0 Å². The first kappa shape index (κ1) is 16.3. The molecule has 1 aromatic carbocycles. The van der Waals surface area contributed by atoms with Crippen molar-refractivity contribution in [3.63, 3.8) is 0 Å². The van der Waals surface area contributed by atoms with Crippen LogP contribution in [0.1, 0.15) is 19.4 Å². The molecule has 0 heterocycles. The normalized spacial score (nSPS) is 12.0. The fourth-order valence-electron chi connectivity index (χ4n) is 1.43. The van der Waals surface area contributed by atoms with Crippen molar-refractivity contribution in [1.29, 1.82) is 0 Å². The number of rotatable bonds is 7. The lowest BCUT2D eigenvalue weighted by atomic mass is 10.2. The lowest BCUT2D eigenvalue weighted by molar-refractivity contribution is 0.190. The minimum atomic E-state index is -3.26. The van der Waals surface area contributed by atoms with Gasteiger partial charge in [-0.3, -0.25) is 13.7 Å². The zero-order chi connectivity index (χ0) is 14.3. The van der Waals surface area contributed by atoms with Gasteiger partial charge in [0, 0.05) is 18.3 Å². The zero-order valence-corrected chi connectivity index (χ0v) is 13.0. The molecule has 1 aromatic rings. The molecule has 0 aliphatic heterocycles. The Labute approximate surface area is 119 Å². The summed E-state index contributed by atoms with van der Waals surface area (Å²) in [6.45, 7) is 4.19. The molecule has 1 rings (SSSR count). The Kier molecular flexibility index (Phi) is 6.59. The van der Waals surface area contributed by atoms with Crippen LogP contribution in [-0.2, 0) is 13.6 Å². The van der Waals surface area contributed by atoms with Crippen molar-refractivity contribution < 1.29 is 13.6 Å². The van der Waals surface area contributed by atoms with Gasteiger partial charge in [-0.25, -0.2) is 4.57 Å². The lowest BCUT2D eigenvalue weighted by Crippen LogP contribution is -2.12. The SMILES string of the molecule is CCOP(=O)(OCC)N(C)C=Cc1ccccc1Cl. The molecule has 0 spiro atoms. The van der Waals surface area contributed by atoms with Crippen LogP contribution in [0.15, 0.2) is 30.5 Å². The maximum absolute atomic E-state index is 12.4. The van der Waals surface area contributed by atoms with Gasteiger partial charge < -0.3 is 0 Å². The fourth-order valence-corrected chi connectivity index (χ4v) is 2.95. The molecule has 0 N–H and O–H groups in total. The summed E-state index contributed by atoms with van der Waals surface area (Å²) >= 11 is 6.04. The van der Waals surface area contributed by atoms with Crippen LogP contribution in [0.4, 0.5) is 0 Å². The topological polar surface area (TPSA) is 38.8 Å². The summed E-state index contributed by atoms with van der Waals surface area (Å²) in [6, 6.07) is 7.41. The Hall–Kier alpha value is -0.800. The van der Waals surface area contributed by atoms with Crippen LogP contribution in [0.2, 0.25) is 5.02 Å². The van der Waals surface area contributed by atoms with E-state index >= 15 is 0 Å². The van der Waals surface area contributed by atoms with Crippen LogP contribution in [0.25, 0.3) is 6.08 Å². The first-order chi connectivity index (χ1) is 9.03. The fraction of sp³-hybridized carbons (Fsp3) is 0.385. The van der Waals surface area contributed by atoms with Crippen molar-refractivity contribution >= 4 is 25.4 Å². The van der Waals surface area contributed by atoms with Gasteiger partial charge in [0.25, 0.3) is 0 Å². The summed E-state index contributed by atoms with van der Waals surface area (Å²) in [6.07, 6.45) is 3.42. The Morgan fingerprint density at radius 1 is 1.26 bits per heavy atom. The van der Waals surface area contributed by atoms with E-state index in [1.807, 2.05) is 18.2 Å². The highest BCUT2D eigenvalue weighted by Crippen LogP contribution is 2.51. The molecule has 106 valence electrons. The van der Waals surface area contributed by atoms with Gasteiger partial charge >= 0.3 is 7.75 Å². The molecule has 0 atom stereocenters. The van der Waals surface area contributed by atoms with E-state index in [0.29, 0.717) is 18.2 Å². The van der Waals surface area contributed by atoms with Gasteiger partial charge in [-0.05, 0) is 31.6 Å². The monoisotopic (exact) mass is 303 g/mol. The Balaban J connectivity index is 2.85. The Morgan fingerprint density at radius 3 is 2.37 bits per heavy atom. The summed E-state index contributed by atoms with van der Waals surface area (Å²) in [7, 11) is -1.61. The molecule has 0 aromatic heterocycles. The molecule has 0 unspecified atom stereocenters.